The van der Waals surface area contributed by atoms with E-state index in [0.29, 0.717) is 5.56 Å². The average molecular weight is 256 g/mol. The number of benzene rings is 1. The number of fused-ring (bicyclic) bond motifs is 1. The number of carboxylic acids is 1. The molecule has 1 aliphatic heterocycles. The van der Waals surface area contributed by atoms with Gasteiger partial charge >= 0.3 is 5.97 Å². The van der Waals surface area contributed by atoms with Gasteiger partial charge in [0.05, 0.1) is 5.56 Å². The fraction of sp³-hybridized carbons (Fsp3) is 0.333. The molecule has 0 saturated carbocycles. The van der Waals surface area contributed by atoms with Gasteiger partial charge in [-0.3, -0.25) is 0 Å². The molecular weight excluding hydrogens is 240 g/mol. The van der Waals surface area contributed by atoms with Crippen molar-refractivity contribution in [2.75, 3.05) is 18.0 Å². The summed E-state index contributed by atoms with van der Waals surface area (Å²) in [6, 6.07) is 7.11. The Kier molecular flexibility index (Phi) is 3.07. The van der Waals surface area contributed by atoms with Crippen LogP contribution in [0.1, 0.15) is 29.6 Å². The monoisotopic (exact) mass is 256 g/mol. The summed E-state index contributed by atoms with van der Waals surface area (Å²) in [6.45, 7) is 2.07. The zero-order valence-electron chi connectivity index (χ0n) is 10.7. The van der Waals surface area contributed by atoms with Crippen molar-refractivity contribution in [3.8, 4) is 0 Å². The maximum Gasteiger partial charge on any atom is 0.335 e. The van der Waals surface area contributed by atoms with Gasteiger partial charge < -0.3 is 10.0 Å². The molecule has 98 valence electrons. The highest BCUT2D eigenvalue weighted by atomic mass is 16.4. The number of hydrogen-bond donors (Lipinski definition) is 1. The SMILES string of the molecule is O=C(O)c1ccc2c(N3CCCCC3)nccc2c1. The molecule has 4 heteroatoms. The highest BCUT2D eigenvalue weighted by molar-refractivity contribution is 5.98. The number of anilines is 1. The van der Waals surface area contributed by atoms with Crippen molar-refractivity contribution in [3.05, 3.63) is 36.0 Å². The van der Waals surface area contributed by atoms with E-state index in [2.05, 4.69) is 9.88 Å². The van der Waals surface area contributed by atoms with Crippen molar-refractivity contribution in [2.45, 2.75) is 19.3 Å². The number of rotatable bonds is 2. The number of nitrogens with zero attached hydrogens (tertiary/aromatic N) is 2. The molecule has 1 saturated heterocycles. The van der Waals surface area contributed by atoms with Crippen LogP contribution in [0.5, 0.6) is 0 Å². The van der Waals surface area contributed by atoms with Crippen molar-refractivity contribution in [1.82, 2.24) is 4.98 Å². The van der Waals surface area contributed by atoms with E-state index >= 15 is 0 Å². The summed E-state index contributed by atoms with van der Waals surface area (Å²) in [5.41, 5.74) is 0.322. The Hall–Kier alpha value is -2.10. The van der Waals surface area contributed by atoms with E-state index in [9.17, 15) is 4.79 Å². The highest BCUT2D eigenvalue weighted by Crippen LogP contribution is 2.27. The summed E-state index contributed by atoms with van der Waals surface area (Å²) in [5.74, 6) is 0.0902. The lowest BCUT2D eigenvalue weighted by Crippen LogP contribution is -2.30. The summed E-state index contributed by atoms with van der Waals surface area (Å²) >= 11 is 0. The maximum atomic E-state index is 11.0. The predicted molar refractivity (Wildman–Crippen MR) is 74.8 cm³/mol. The van der Waals surface area contributed by atoms with Crippen LogP contribution in [0.25, 0.3) is 10.8 Å². The summed E-state index contributed by atoms with van der Waals surface area (Å²) in [4.78, 5) is 17.8. The topological polar surface area (TPSA) is 53.4 Å². The Morgan fingerprint density at radius 3 is 2.68 bits per heavy atom. The van der Waals surface area contributed by atoms with Gasteiger partial charge in [-0.25, -0.2) is 9.78 Å². The molecule has 0 spiro atoms. The number of hydrogen-bond acceptors (Lipinski definition) is 3. The van der Waals surface area contributed by atoms with Crippen molar-refractivity contribution in [1.29, 1.82) is 0 Å². The van der Waals surface area contributed by atoms with Crippen LogP contribution < -0.4 is 4.90 Å². The standard InChI is InChI=1S/C15H16N2O2/c18-15(19)12-4-5-13-11(10-12)6-7-16-14(13)17-8-2-1-3-9-17/h4-7,10H,1-3,8-9H2,(H,18,19). The van der Waals surface area contributed by atoms with Gasteiger partial charge in [0.15, 0.2) is 0 Å². The molecule has 1 aliphatic rings. The van der Waals surface area contributed by atoms with Gasteiger partial charge in [0.1, 0.15) is 5.82 Å². The van der Waals surface area contributed by atoms with E-state index in [4.69, 9.17) is 5.11 Å². The molecule has 1 N–H and O–H groups in total. The highest BCUT2D eigenvalue weighted by Gasteiger charge is 2.15. The normalized spacial score (nSPS) is 15.7. The Morgan fingerprint density at radius 2 is 1.95 bits per heavy atom. The molecule has 0 radical (unpaired) electrons. The molecule has 0 aliphatic carbocycles. The van der Waals surface area contributed by atoms with Gasteiger partial charge in [0.25, 0.3) is 0 Å². The van der Waals surface area contributed by atoms with Gasteiger partial charge in [0.2, 0.25) is 0 Å². The molecule has 19 heavy (non-hydrogen) atoms. The lowest BCUT2D eigenvalue weighted by atomic mass is 10.1. The van der Waals surface area contributed by atoms with E-state index in [1.54, 1.807) is 18.3 Å². The minimum absolute atomic E-state index is 0.322. The molecule has 2 heterocycles. The van der Waals surface area contributed by atoms with Gasteiger partial charge in [-0.15, -0.1) is 0 Å². The molecule has 1 aromatic carbocycles. The second kappa shape index (κ2) is 4.88. The second-order valence-corrected chi connectivity index (χ2v) is 4.92. The van der Waals surface area contributed by atoms with E-state index in [1.165, 1.54) is 19.3 Å². The van der Waals surface area contributed by atoms with Crippen molar-refractivity contribution >= 4 is 22.6 Å². The number of piperidine rings is 1. The van der Waals surface area contributed by atoms with Crippen LogP contribution in [-0.4, -0.2) is 29.1 Å². The predicted octanol–water partition coefficient (Wildman–Crippen LogP) is 2.92. The van der Waals surface area contributed by atoms with Crippen molar-refractivity contribution in [2.24, 2.45) is 0 Å². The molecule has 0 unspecified atom stereocenters. The Balaban J connectivity index is 2.07. The third-order valence-corrected chi connectivity index (χ3v) is 3.65. The molecule has 2 aromatic rings. The summed E-state index contributed by atoms with van der Waals surface area (Å²) in [5, 5.41) is 11.0. The quantitative estimate of drug-likeness (QED) is 0.897. The number of aromatic nitrogens is 1. The molecule has 3 rings (SSSR count). The molecule has 0 amide bonds. The minimum Gasteiger partial charge on any atom is -0.478 e. The maximum absolute atomic E-state index is 11.0. The number of pyridine rings is 1. The summed E-state index contributed by atoms with van der Waals surface area (Å²) < 4.78 is 0. The third kappa shape index (κ3) is 2.26. The van der Waals surface area contributed by atoms with Gasteiger partial charge in [0, 0.05) is 24.7 Å². The molecule has 4 nitrogen and oxygen atoms in total. The van der Waals surface area contributed by atoms with Crippen LogP contribution in [0.4, 0.5) is 5.82 Å². The summed E-state index contributed by atoms with van der Waals surface area (Å²) in [6.07, 6.45) is 5.44. The fourth-order valence-corrected chi connectivity index (χ4v) is 2.65. The first-order valence-electron chi connectivity index (χ1n) is 6.63. The summed E-state index contributed by atoms with van der Waals surface area (Å²) in [7, 11) is 0. The van der Waals surface area contributed by atoms with Gasteiger partial charge in [-0.1, -0.05) is 0 Å². The largest absolute Gasteiger partial charge is 0.478 e. The minimum atomic E-state index is -0.891. The van der Waals surface area contributed by atoms with Crippen LogP contribution in [0.15, 0.2) is 30.5 Å². The second-order valence-electron chi connectivity index (χ2n) is 4.92. The van der Waals surface area contributed by atoms with Crippen LogP contribution in [0, 0.1) is 0 Å². The van der Waals surface area contributed by atoms with Crippen LogP contribution >= 0.6 is 0 Å². The Bertz CT molecular complexity index is 619. The van der Waals surface area contributed by atoms with E-state index in [1.807, 2.05) is 12.1 Å². The molecule has 1 fully saturated rings. The van der Waals surface area contributed by atoms with E-state index in [0.717, 1.165) is 29.7 Å². The number of aromatic carboxylic acids is 1. The van der Waals surface area contributed by atoms with Crippen molar-refractivity contribution < 1.29 is 9.90 Å². The zero-order valence-corrected chi connectivity index (χ0v) is 10.7. The lowest BCUT2D eigenvalue weighted by Gasteiger charge is -2.28. The molecule has 1 aromatic heterocycles. The molecular formula is C15H16N2O2. The average Bonchev–Trinajstić information content (AvgIpc) is 2.47. The number of carboxylic acid groups (broad SMARTS) is 1. The Morgan fingerprint density at radius 1 is 1.16 bits per heavy atom. The fourth-order valence-electron chi connectivity index (χ4n) is 2.65. The zero-order chi connectivity index (χ0) is 13.2. The number of carbonyl (C=O) groups is 1. The first-order chi connectivity index (χ1) is 9.25. The van der Waals surface area contributed by atoms with Gasteiger partial charge in [-0.05, 0) is 48.9 Å². The smallest absolute Gasteiger partial charge is 0.335 e. The van der Waals surface area contributed by atoms with Crippen LogP contribution in [-0.2, 0) is 0 Å². The molecule has 0 atom stereocenters. The third-order valence-electron chi connectivity index (χ3n) is 3.65. The Labute approximate surface area is 111 Å². The lowest BCUT2D eigenvalue weighted by molar-refractivity contribution is 0.0697. The van der Waals surface area contributed by atoms with E-state index < -0.39 is 5.97 Å². The van der Waals surface area contributed by atoms with Crippen molar-refractivity contribution in [3.63, 3.8) is 0 Å². The van der Waals surface area contributed by atoms with Crippen LogP contribution in [0.3, 0.4) is 0 Å². The first-order valence-corrected chi connectivity index (χ1v) is 6.63. The van der Waals surface area contributed by atoms with Gasteiger partial charge in [-0.2, -0.15) is 0 Å². The first kappa shape index (κ1) is 12.0. The van der Waals surface area contributed by atoms with E-state index in [-0.39, 0.29) is 0 Å². The van der Waals surface area contributed by atoms with Crippen LogP contribution in [0.2, 0.25) is 0 Å². The molecule has 0 bridgehead atoms.